The second-order valence-electron chi connectivity index (χ2n) is 5.13. The normalized spacial score (nSPS) is 13.0. The third-order valence-corrected chi connectivity index (χ3v) is 5.56. The van der Waals surface area contributed by atoms with Crippen molar-refractivity contribution in [2.45, 2.75) is 13.0 Å². The highest BCUT2D eigenvalue weighted by atomic mass is 35.5. The molecule has 1 atom stereocenters. The summed E-state index contributed by atoms with van der Waals surface area (Å²) in [6, 6.07) is 4.89. The molecule has 0 radical (unpaired) electrons. The summed E-state index contributed by atoms with van der Waals surface area (Å²) in [4.78, 5) is 7.34. The number of hydrogen-bond donors (Lipinski definition) is 2. The third kappa shape index (κ3) is 2.98. The van der Waals surface area contributed by atoms with E-state index in [-0.39, 0.29) is 12.5 Å². The fourth-order valence-electron chi connectivity index (χ4n) is 2.72. The maximum atomic E-state index is 10.6. The molecule has 1 aromatic carbocycles. The molecule has 0 spiro atoms. The number of aromatic nitrogens is 3. The van der Waals surface area contributed by atoms with Crippen LogP contribution < -0.4 is 0 Å². The zero-order valence-corrected chi connectivity index (χ0v) is 15.2. The molecule has 0 saturated heterocycles. The highest BCUT2D eigenvalue weighted by Crippen LogP contribution is 2.44. The Kier molecular flexibility index (Phi) is 5.27. The molecular formula is C15H16Cl2N4O2S. The van der Waals surface area contributed by atoms with Gasteiger partial charge in [-0.1, -0.05) is 47.5 Å². The summed E-state index contributed by atoms with van der Waals surface area (Å²) in [7, 11) is 0. The van der Waals surface area contributed by atoms with Crippen LogP contribution in [0.25, 0.3) is 4.96 Å². The molecule has 6 nitrogen and oxygen atoms in total. The van der Waals surface area contributed by atoms with Crippen molar-refractivity contribution < 1.29 is 10.2 Å². The molecule has 2 aromatic heterocycles. The van der Waals surface area contributed by atoms with Crippen LogP contribution in [0.1, 0.15) is 23.4 Å². The van der Waals surface area contributed by atoms with Crippen molar-refractivity contribution in [3.63, 3.8) is 0 Å². The number of aromatic hydroxyl groups is 1. The zero-order valence-electron chi connectivity index (χ0n) is 12.9. The molecule has 0 amide bonds. The Labute approximate surface area is 152 Å². The van der Waals surface area contributed by atoms with E-state index in [1.165, 1.54) is 22.2 Å². The number of aliphatic hydroxyl groups is 1. The number of aliphatic hydroxyl groups excluding tert-OH is 1. The fourth-order valence-corrected chi connectivity index (χ4v) is 4.40. The Morgan fingerprint density at radius 1 is 1.33 bits per heavy atom. The minimum atomic E-state index is -0.406. The summed E-state index contributed by atoms with van der Waals surface area (Å²) < 4.78 is 1.38. The van der Waals surface area contributed by atoms with Crippen LogP contribution in [0.15, 0.2) is 24.5 Å². The first-order valence-electron chi connectivity index (χ1n) is 7.38. The van der Waals surface area contributed by atoms with Crippen LogP contribution in [0, 0.1) is 0 Å². The van der Waals surface area contributed by atoms with Gasteiger partial charge in [0.2, 0.25) is 10.8 Å². The minimum Gasteiger partial charge on any atom is -0.492 e. The largest absolute Gasteiger partial charge is 0.492 e. The number of fused-ring (bicyclic) bond motifs is 1. The van der Waals surface area contributed by atoms with Gasteiger partial charge in [-0.15, -0.1) is 0 Å². The Hall–Kier alpha value is -1.38. The van der Waals surface area contributed by atoms with Crippen LogP contribution in [0.3, 0.4) is 0 Å². The summed E-state index contributed by atoms with van der Waals surface area (Å²) in [5.41, 5.74) is 0.691. The lowest BCUT2D eigenvalue weighted by Gasteiger charge is -2.31. The van der Waals surface area contributed by atoms with Crippen LogP contribution in [-0.2, 0) is 0 Å². The molecule has 0 bridgehead atoms. The van der Waals surface area contributed by atoms with E-state index in [4.69, 9.17) is 23.2 Å². The summed E-state index contributed by atoms with van der Waals surface area (Å²) in [5.74, 6) is 0.00451. The Balaban J connectivity index is 2.22. The van der Waals surface area contributed by atoms with Crippen LogP contribution in [0.2, 0.25) is 10.0 Å². The lowest BCUT2D eigenvalue weighted by molar-refractivity contribution is 0.174. The molecule has 0 aliphatic carbocycles. The van der Waals surface area contributed by atoms with Crippen LogP contribution in [0.5, 0.6) is 5.88 Å². The molecule has 24 heavy (non-hydrogen) atoms. The van der Waals surface area contributed by atoms with Crippen LogP contribution >= 0.6 is 34.5 Å². The molecule has 1 unspecified atom stereocenters. The molecule has 128 valence electrons. The maximum absolute atomic E-state index is 10.6. The topological polar surface area (TPSA) is 73.9 Å². The average Bonchev–Trinajstić information content (AvgIpc) is 3.13. The van der Waals surface area contributed by atoms with E-state index in [1.54, 1.807) is 18.2 Å². The van der Waals surface area contributed by atoms with E-state index in [1.807, 2.05) is 11.8 Å². The van der Waals surface area contributed by atoms with Crippen molar-refractivity contribution in [1.29, 1.82) is 0 Å². The summed E-state index contributed by atoms with van der Waals surface area (Å²) in [6.45, 7) is 3.00. The van der Waals surface area contributed by atoms with E-state index in [9.17, 15) is 10.2 Å². The number of halogens is 2. The van der Waals surface area contributed by atoms with E-state index >= 15 is 0 Å². The smallest absolute Gasteiger partial charge is 0.230 e. The van der Waals surface area contributed by atoms with Gasteiger partial charge in [-0.05, 0) is 18.7 Å². The minimum absolute atomic E-state index is 0.00451. The molecule has 3 aromatic rings. The Morgan fingerprint density at radius 2 is 2.04 bits per heavy atom. The molecule has 0 fully saturated rings. The summed E-state index contributed by atoms with van der Waals surface area (Å²) >= 11 is 14.1. The lowest BCUT2D eigenvalue weighted by atomic mass is 10.0. The third-order valence-electron chi connectivity index (χ3n) is 3.82. The first-order chi connectivity index (χ1) is 11.6. The van der Waals surface area contributed by atoms with E-state index in [0.717, 1.165) is 0 Å². The van der Waals surface area contributed by atoms with Crippen LogP contribution in [0.4, 0.5) is 0 Å². The maximum Gasteiger partial charge on any atom is 0.230 e. The van der Waals surface area contributed by atoms with Crippen molar-refractivity contribution in [2.75, 3.05) is 19.7 Å². The molecule has 2 heterocycles. The first kappa shape index (κ1) is 17.4. The van der Waals surface area contributed by atoms with Crippen molar-refractivity contribution >= 4 is 39.5 Å². The second-order valence-corrected chi connectivity index (χ2v) is 6.96. The molecule has 0 saturated carbocycles. The number of thiazole rings is 1. The van der Waals surface area contributed by atoms with Crippen molar-refractivity contribution in [3.8, 4) is 5.88 Å². The molecule has 3 rings (SSSR count). The molecular weight excluding hydrogens is 371 g/mol. The fraction of sp³-hybridized carbons (Fsp3) is 0.333. The summed E-state index contributed by atoms with van der Waals surface area (Å²) in [5, 5.41) is 25.0. The van der Waals surface area contributed by atoms with Gasteiger partial charge in [-0.2, -0.15) is 9.61 Å². The van der Waals surface area contributed by atoms with Gasteiger partial charge in [0.1, 0.15) is 6.33 Å². The first-order valence-corrected chi connectivity index (χ1v) is 8.95. The van der Waals surface area contributed by atoms with Crippen molar-refractivity contribution in [1.82, 2.24) is 19.5 Å². The van der Waals surface area contributed by atoms with E-state index in [0.29, 0.717) is 38.5 Å². The highest BCUT2D eigenvalue weighted by Gasteiger charge is 2.31. The number of likely N-dealkylation sites (N-methyl/N-ethyl adjacent to an activating group) is 1. The Morgan fingerprint density at radius 3 is 2.62 bits per heavy atom. The van der Waals surface area contributed by atoms with Gasteiger partial charge < -0.3 is 10.2 Å². The quantitative estimate of drug-likeness (QED) is 0.680. The number of hydrogen-bond acceptors (Lipinski definition) is 6. The predicted octanol–water partition coefficient (Wildman–Crippen LogP) is 3.21. The van der Waals surface area contributed by atoms with Crippen molar-refractivity contribution in [2.24, 2.45) is 0 Å². The second kappa shape index (κ2) is 7.25. The van der Waals surface area contributed by atoms with E-state index < -0.39 is 6.04 Å². The zero-order chi connectivity index (χ0) is 17.3. The molecule has 2 N–H and O–H groups in total. The van der Waals surface area contributed by atoms with Crippen molar-refractivity contribution in [3.05, 3.63) is 45.0 Å². The molecule has 9 heteroatoms. The van der Waals surface area contributed by atoms with E-state index in [2.05, 4.69) is 10.1 Å². The number of benzene rings is 1. The lowest BCUT2D eigenvalue weighted by Crippen LogP contribution is -2.32. The van der Waals surface area contributed by atoms with Gasteiger partial charge >= 0.3 is 0 Å². The molecule has 0 aliphatic heterocycles. The average molecular weight is 387 g/mol. The highest BCUT2D eigenvalue weighted by molar-refractivity contribution is 7.17. The van der Waals surface area contributed by atoms with Gasteiger partial charge in [-0.3, -0.25) is 4.90 Å². The standard InChI is InChI=1S/C15H16Cl2N4O2S/c1-2-20(6-7-22)12(11-9(16)4-3-5-10(11)17)13-14(23)21-15(24-13)18-8-19-21/h3-5,8,12,22-23H,2,6-7H2,1H3. The Bertz CT molecular complexity index is 831. The number of rotatable bonds is 6. The molecule has 0 aliphatic rings. The van der Waals surface area contributed by atoms with Gasteiger partial charge in [-0.25, -0.2) is 4.98 Å². The van der Waals surface area contributed by atoms with Gasteiger partial charge in [0.05, 0.1) is 17.5 Å². The number of nitrogens with zero attached hydrogens (tertiary/aromatic N) is 4. The van der Waals surface area contributed by atoms with Gasteiger partial charge in [0.25, 0.3) is 0 Å². The predicted molar refractivity (Wildman–Crippen MR) is 95.2 cm³/mol. The monoisotopic (exact) mass is 386 g/mol. The van der Waals surface area contributed by atoms with Gasteiger partial charge in [0.15, 0.2) is 0 Å². The SMILES string of the molecule is CCN(CCO)C(c1sc2ncnn2c1O)c1c(Cl)cccc1Cl. The summed E-state index contributed by atoms with van der Waals surface area (Å²) in [6.07, 6.45) is 1.39. The van der Waals surface area contributed by atoms with Crippen LogP contribution in [-0.4, -0.2) is 49.4 Å². The van der Waals surface area contributed by atoms with Gasteiger partial charge in [0, 0.05) is 22.2 Å².